The molecule has 1 unspecified atom stereocenters. The SMILES string of the molecule is CCCCC(CC)CNCC(C)(C)NCC. The maximum absolute atomic E-state index is 3.61. The van der Waals surface area contributed by atoms with Crippen LogP contribution < -0.4 is 10.6 Å². The molecule has 0 radical (unpaired) electrons. The van der Waals surface area contributed by atoms with Gasteiger partial charge in [-0.2, -0.15) is 0 Å². The highest BCUT2D eigenvalue weighted by atomic mass is 15.0. The molecule has 0 rings (SSSR count). The predicted molar refractivity (Wildman–Crippen MR) is 73.9 cm³/mol. The van der Waals surface area contributed by atoms with Gasteiger partial charge in [0.2, 0.25) is 0 Å². The van der Waals surface area contributed by atoms with Crippen molar-refractivity contribution < 1.29 is 0 Å². The van der Waals surface area contributed by atoms with Gasteiger partial charge >= 0.3 is 0 Å². The number of rotatable bonds is 10. The zero-order valence-corrected chi connectivity index (χ0v) is 12.0. The van der Waals surface area contributed by atoms with Crippen LogP contribution in [0.3, 0.4) is 0 Å². The Hall–Kier alpha value is -0.0800. The Morgan fingerprint density at radius 2 is 1.81 bits per heavy atom. The molecular weight excluding hydrogens is 196 g/mol. The van der Waals surface area contributed by atoms with Crippen LogP contribution in [0.4, 0.5) is 0 Å². The van der Waals surface area contributed by atoms with Crippen molar-refractivity contribution in [3.63, 3.8) is 0 Å². The van der Waals surface area contributed by atoms with Crippen LogP contribution >= 0.6 is 0 Å². The Balaban J connectivity index is 3.68. The summed E-state index contributed by atoms with van der Waals surface area (Å²) >= 11 is 0. The topological polar surface area (TPSA) is 24.1 Å². The van der Waals surface area contributed by atoms with Gasteiger partial charge in [0.25, 0.3) is 0 Å². The van der Waals surface area contributed by atoms with Crippen molar-refractivity contribution in [1.29, 1.82) is 0 Å². The lowest BCUT2D eigenvalue weighted by Gasteiger charge is -2.27. The highest BCUT2D eigenvalue weighted by Crippen LogP contribution is 2.11. The van der Waals surface area contributed by atoms with Crippen molar-refractivity contribution in [2.24, 2.45) is 5.92 Å². The average molecular weight is 228 g/mol. The number of unbranched alkanes of at least 4 members (excludes halogenated alkanes) is 1. The monoisotopic (exact) mass is 228 g/mol. The fourth-order valence-electron chi connectivity index (χ4n) is 2.07. The molecule has 1 atom stereocenters. The molecule has 0 aliphatic carbocycles. The molecule has 0 aliphatic rings. The van der Waals surface area contributed by atoms with E-state index in [0.717, 1.165) is 19.0 Å². The summed E-state index contributed by atoms with van der Waals surface area (Å²) in [7, 11) is 0. The van der Waals surface area contributed by atoms with E-state index in [0.29, 0.717) is 0 Å². The van der Waals surface area contributed by atoms with E-state index >= 15 is 0 Å². The third kappa shape index (κ3) is 8.12. The highest BCUT2D eigenvalue weighted by Gasteiger charge is 2.15. The molecule has 0 aromatic heterocycles. The maximum atomic E-state index is 3.61. The minimum atomic E-state index is 0.220. The molecule has 0 amide bonds. The van der Waals surface area contributed by atoms with Crippen LogP contribution in [0.25, 0.3) is 0 Å². The number of nitrogens with one attached hydrogen (secondary N) is 2. The van der Waals surface area contributed by atoms with Gasteiger partial charge in [-0.05, 0) is 39.3 Å². The molecular formula is C14H32N2. The lowest BCUT2D eigenvalue weighted by atomic mass is 9.98. The van der Waals surface area contributed by atoms with Crippen molar-refractivity contribution in [2.45, 2.75) is 65.8 Å². The molecule has 0 bridgehead atoms. The zero-order valence-electron chi connectivity index (χ0n) is 12.0. The number of hydrogen-bond donors (Lipinski definition) is 2. The van der Waals surface area contributed by atoms with Crippen LogP contribution in [0, 0.1) is 5.92 Å². The second kappa shape index (κ2) is 9.00. The van der Waals surface area contributed by atoms with Gasteiger partial charge in [-0.3, -0.25) is 0 Å². The molecule has 0 aromatic rings. The average Bonchev–Trinajstić information content (AvgIpc) is 2.22. The standard InChI is InChI=1S/C14H32N2/c1-6-9-10-13(7-2)11-15-12-14(4,5)16-8-3/h13,15-16H,6-12H2,1-5H3. The lowest BCUT2D eigenvalue weighted by molar-refractivity contribution is 0.344. The van der Waals surface area contributed by atoms with Crippen molar-refractivity contribution in [3.8, 4) is 0 Å². The van der Waals surface area contributed by atoms with Crippen molar-refractivity contribution in [1.82, 2.24) is 10.6 Å². The first-order chi connectivity index (χ1) is 7.55. The Morgan fingerprint density at radius 3 is 2.31 bits per heavy atom. The quantitative estimate of drug-likeness (QED) is 0.600. The van der Waals surface area contributed by atoms with Gasteiger partial charge in [0.05, 0.1) is 0 Å². The summed E-state index contributed by atoms with van der Waals surface area (Å²) in [5.74, 6) is 0.859. The first kappa shape index (κ1) is 15.9. The molecule has 0 saturated heterocycles. The minimum Gasteiger partial charge on any atom is -0.315 e. The van der Waals surface area contributed by atoms with Crippen LogP contribution in [0.2, 0.25) is 0 Å². The lowest BCUT2D eigenvalue weighted by Crippen LogP contribution is -2.48. The molecule has 2 nitrogen and oxygen atoms in total. The summed E-state index contributed by atoms with van der Waals surface area (Å²) in [6.45, 7) is 14.5. The van der Waals surface area contributed by atoms with Gasteiger partial charge in [0.15, 0.2) is 0 Å². The van der Waals surface area contributed by atoms with Crippen LogP contribution in [0.15, 0.2) is 0 Å². The second-order valence-corrected chi connectivity index (χ2v) is 5.46. The van der Waals surface area contributed by atoms with Crippen molar-refractivity contribution in [3.05, 3.63) is 0 Å². The molecule has 0 heterocycles. The van der Waals surface area contributed by atoms with Gasteiger partial charge in [-0.25, -0.2) is 0 Å². The van der Waals surface area contributed by atoms with E-state index in [1.165, 1.54) is 32.2 Å². The first-order valence-corrected chi connectivity index (χ1v) is 7.01. The third-order valence-electron chi connectivity index (χ3n) is 3.20. The second-order valence-electron chi connectivity index (χ2n) is 5.46. The van der Waals surface area contributed by atoms with Gasteiger partial charge in [0, 0.05) is 12.1 Å². The molecule has 98 valence electrons. The Morgan fingerprint density at radius 1 is 1.12 bits per heavy atom. The van der Waals surface area contributed by atoms with E-state index in [2.05, 4.69) is 45.3 Å². The Labute approximate surface area is 103 Å². The highest BCUT2D eigenvalue weighted by molar-refractivity contribution is 4.79. The summed E-state index contributed by atoms with van der Waals surface area (Å²) in [6, 6.07) is 0. The van der Waals surface area contributed by atoms with Crippen LogP contribution in [-0.2, 0) is 0 Å². The van der Waals surface area contributed by atoms with Crippen LogP contribution in [0.1, 0.15) is 60.3 Å². The van der Waals surface area contributed by atoms with E-state index in [1.54, 1.807) is 0 Å². The van der Waals surface area contributed by atoms with Crippen molar-refractivity contribution in [2.75, 3.05) is 19.6 Å². The summed E-state index contributed by atoms with van der Waals surface area (Å²) in [6.07, 6.45) is 5.37. The van der Waals surface area contributed by atoms with E-state index < -0.39 is 0 Å². The van der Waals surface area contributed by atoms with Gasteiger partial charge in [-0.15, -0.1) is 0 Å². The van der Waals surface area contributed by atoms with E-state index in [9.17, 15) is 0 Å². The summed E-state index contributed by atoms with van der Waals surface area (Å²) < 4.78 is 0. The van der Waals surface area contributed by atoms with Gasteiger partial charge < -0.3 is 10.6 Å². The van der Waals surface area contributed by atoms with Gasteiger partial charge in [0.1, 0.15) is 0 Å². The summed E-state index contributed by atoms with van der Waals surface area (Å²) in [4.78, 5) is 0. The molecule has 0 saturated carbocycles. The minimum absolute atomic E-state index is 0.220. The molecule has 0 spiro atoms. The fourth-order valence-corrected chi connectivity index (χ4v) is 2.07. The van der Waals surface area contributed by atoms with Crippen LogP contribution in [-0.4, -0.2) is 25.2 Å². The molecule has 0 fully saturated rings. The maximum Gasteiger partial charge on any atom is 0.0249 e. The van der Waals surface area contributed by atoms with E-state index in [-0.39, 0.29) is 5.54 Å². The normalized spacial score (nSPS) is 14.1. The third-order valence-corrected chi connectivity index (χ3v) is 3.20. The van der Waals surface area contributed by atoms with Crippen LogP contribution in [0.5, 0.6) is 0 Å². The van der Waals surface area contributed by atoms with Crippen molar-refractivity contribution >= 4 is 0 Å². The zero-order chi connectivity index (χ0) is 12.4. The molecule has 2 N–H and O–H groups in total. The molecule has 0 aliphatic heterocycles. The molecule has 0 aromatic carbocycles. The summed E-state index contributed by atoms with van der Waals surface area (Å²) in [5.41, 5.74) is 0.220. The Bertz CT molecular complexity index is 155. The molecule has 16 heavy (non-hydrogen) atoms. The predicted octanol–water partition coefficient (Wildman–Crippen LogP) is 3.18. The Kier molecular flexibility index (Phi) is 8.96. The van der Waals surface area contributed by atoms with Gasteiger partial charge in [-0.1, -0.05) is 40.0 Å². The molecule has 2 heteroatoms. The number of likely N-dealkylation sites (N-methyl/N-ethyl adjacent to an activating group) is 1. The van der Waals surface area contributed by atoms with E-state index in [4.69, 9.17) is 0 Å². The first-order valence-electron chi connectivity index (χ1n) is 7.01. The summed E-state index contributed by atoms with van der Waals surface area (Å²) in [5, 5.41) is 7.10. The van der Waals surface area contributed by atoms with E-state index in [1.807, 2.05) is 0 Å². The largest absolute Gasteiger partial charge is 0.315 e. The smallest absolute Gasteiger partial charge is 0.0249 e. The number of hydrogen-bond acceptors (Lipinski definition) is 2. The fraction of sp³-hybridized carbons (Fsp3) is 1.00.